The molecular formula is C24H22NS+. The Morgan fingerprint density at radius 2 is 1.23 bits per heavy atom. The van der Waals surface area contributed by atoms with Crippen LogP contribution in [0.1, 0.15) is 16.7 Å². The van der Waals surface area contributed by atoms with Crippen molar-refractivity contribution in [2.24, 2.45) is 0 Å². The molecule has 0 aliphatic rings. The molecule has 0 aliphatic heterocycles. The second kappa shape index (κ2) is 6.89. The summed E-state index contributed by atoms with van der Waals surface area (Å²) in [5, 5.41) is 3.54. The first-order chi connectivity index (χ1) is 12.6. The first kappa shape index (κ1) is 16.7. The van der Waals surface area contributed by atoms with Gasteiger partial charge in [-0.15, -0.1) is 4.57 Å². The summed E-state index contributed by atoms with van der Waals surface area (Å²) in [6, 6.07) is 25.9. The maximum absolute atomic E-state index is 2.43. The third-order valence-corrected chi connectivity index (χ3v) is 5.66. The zero-order chi connectivity index (χ0) is 18.1. The van der Waals surface area contributed by atoms with E-state index in [-0.39, 0.29) is 0 Å². The zero-order valence-electron chi connectivity index (χ0n) is 15.4. The smallest absolute Gasteiger partial charge is 0.142 e. The van der Waals surface area contributed by atoms with Crippen molar-refractivity contribution in [1.82, 2.24) is 0 Å². The molecule has 0 bridgehead atoms. The lowest BCUT2D eigenvalue weighted by Crippen LogP contribution is -2.35. The normalized spacial score (nSPS) is 10.9. The molecule has 26 heavy (non-hydrogen) atoms. The highest BCUT2D eigenvalue weighted by Gasteiger charge is 2.28. The topological polar surface area (TPSA) is 3.88 Å². The van der Waals surface area contributed by atoms with E-state index >= 15 is 0 Å². The summed E-state index contributed by atoms with van der Waals surface area (Å²) in [4.78, 5) is 0. The van der Waals surface area contributed by atoms with E-state index in [1.165, 1.54) is 44.2 Å². The number of rotatable bonds is 3. The van der Waals surface area contributed by atoms with Gasteiger partial charge in [0.25, 0.3) is 5.01 Å². The van der Waals surface area contributed by atoms with Gasteiger partial charge in [-0.05, 0) is 57.2 Å². The Morgan fingerprint density at radius 1 is 0.692 bits per heavy atom. The molecule has 128 valence electrons. The minimum atomic E-state index is 1.24. The van der Waals surface area contributed by atoms with Gasteiger partial charge in [-0.2, -0.15) is 0 Å². The van der Waals surface area contributed by atoms with Crippen LogP contribution in [0.4, 0.5) is 0 Å². The van der Waals surface area contributed by atoms with Gasteiger partial charge in [-0.25, -0.2) is 0 Å². The summed E-state index contributed by atoms with van der Waals surface area (Å²) in [7, 11) is 0. The van der Waals surface area contributed by atoms with Crippen molar-refractivity contribution in [2.75, 3.05) is 0 Å². The molecule has 1 nitrogen and oxygen atoms in total. The molecule has 0 fully saturated rings. The van der Waals surface area contributed by atoms with Crippen molar-refractivity contribution < 1.29 is 4.57 Å². The zero-order valence-corrected chi connectivity index (χ0v) is 16.2. The molecule has 1 aromatic heterocycles. The largest absolute Gasteiger partial charge is 0.275 e. The van der Waals surface area contributed by atoms with Crippen molar-refractivity contribution in [1.29, 1.82) is 0 Å². The first-order valence-electron chi connectivity index (χ1n) is 8.88. The SMILES string of the molecule is Cc1cc(C)c(-[n+]2c(-c3ccccc3)csc2-c2ccccc2)c(C)c1. The molecule has 0 atom stereocenters. The van der Waals surface area contributed by atoms with Gasteiger partial charge < -0.3 is 0 Å². The molecule has 0 aliphatic carbocycles. The van der Waals surface area contributed by atoms with Crippen LogP contribution in [0.15, 0.2) is 78.2 Å². The summed E-state index contributed by atoms with van der Waals surface area (Å²) in [6.07, 6.45) is 0. The average Bonchev–Trinajstić information content (AvgIpc) is 3.07. The monoisotopic (exact) mass is 356 g/mol. The van der Waals surface area contributed by atoms with Gasteiger partial charge in [0.1, 0.15) is 0 Å². The Bertz CT molecular complexity index is 966. The fourth-order valence-corrected chi connectivity index (χ4v) is 4.69. The van der Waals surface area contributed by atoms with Crippen molar-refractivity contribution >= 4 is 11.3 Å². The molecule has 0 radical (unpaired) electrons. The second-order valence-electron chi connectivity index (χ2n) is 6.74. The Kier molecular flexibility index (Phi) is 4.44. The predicted molar refractivity (Wildman–Crippen MR) is 111 cm³/mol. The van der Waals surface area contributed by atoms with Gasteiger partial charge in [0.05, 0.1) is 10.9 Å². The van der Waals surface area contributed by atoms with Crippen LogP contribution in [0.25, 0.3) is 27.5 Å². The van der Waals surface area contributed by atoms with Crippen molar-refractivity contribution in [2.45, 2.75) is 20.8 Å². The molecule has 0 saturated carbocycles. The van der Waals surface area contributed by atoms with E-state index in [0.29, 0.717) is 0 Å². The van der Waals surface area contributed by atoms with E-state index in [9.17, 15) is 0 Å². The summed E-state index contributed by atoms with van der Waals surface area (Å²) >= 11 is 1.80. The highest BCUT2D eigenvalue weighted by molar-refractivity contribution is 7.13. The number of hydrogen-bond acceptors (Lipinski definition) is 1. The molecule has 2 heteroatoms. The third-order valence-electron chi connectivity index (χ3n) is 4.68. The molecule has 1 heterocycles. The lowest BCUT2D eigenvalue weighted by Gasteiger charge is -2.09. The molecule has 0 saturated heterocycles. The average molecular weight is 357 g/mol. The minimum absolute atomic E-state index is 1.24. The van der Waals surface area contributed by atoms with Crippen LogP contribution in [0.2, 0.25) is 0 Å². The van der Waals surface area contributed by atoms with Crippen LogP contribution in [-0.4, -0.2) is 0 Å². The summed E-state index contributed by atoms with van der Waals surface area (Å²) < 4.78 is 2.43. The molecule has 4 aromatic rings. The van der Waals surface area contributed by atoms with Crippen molar-refractivity contribution in [3.05, 3.63) is 94.9 Å². The fraction of sp³-hybridized carbons (Fsp3) is 0.125. The van der Waals surface area contributed by atoms with E-state index in [1.807, 2.05) is 0 Å². The van der Waals surface area contributed by atoms with E-state index in [4.69, 9.17) is 0 Å². The van der Waals surface area contributed by atoms with Gasteiger partial charge in [-0.3, -0.25) is 0 Å². The fourth-order valence-electron chi connectivity index (χ4n) is 3.66. The molecule has 0 unspecified atom stereocenters. The Morgan fingerprint density at radius 3 is 1.81 bits per heavy atom. The highest BCUT2D eigenvalue weighted by Crippen LogP contribution is 2.31. The quantitative estimate of drug-likeness (QED) is 0.380. The maximum atomic E-state index is 2.43. The van der Waals surface area contributed by atoms with Crippen LogP contribution in [0.3, 0.4) is 0 Å². The number of aryl methyl sites for hydroxylation is 3. The van der Waals surface area contributed by atoms with E-state index < -0.39 is 0 Å². The maximum Gasteiger partial charge on any atom is 0.275 e. The van der Waals surface area contributed by atoms with Gasteiger partial charge in [0.15, 0.2) is 0 Å². The number of nitrogens with zero attached hydrogens (tertiary/aromatic N) is 1. The summed E-state index contributed by atoms with van der Waals surface area (Å²) in [5.74, 6) is 0. The van der Waals surface area contributed by atoms with Crippen LogP contribution in [0.5, 0.6) is 0 Å². The predicted octanol–water partition coefficient (Wildman–Crippen LogP) is 6.28. The first-order valence-corrected chi connectivity index (χ1v) is 9.76. The number of thiazole rings is 1. The molecule has 0 spiro atoms. The van der Waals surface area contributed by atoms with E-state index in [2.05, 4.69) is 104 Å². The molecule has 3 aromatic carbocycles. The van der Waals surface area contributed by atoms with Gasteiger partial charge in [0.2, 0.25) is 11.4 Å². The molecule has 0 N–H and O–H groups in total. The lowest BCUT2D eigenvalue weighted by atomic mass is 10.0. The molecule has 4 rings (SSSR count). The van der Waals surface area contributed by atoms with Crippen molar-refractivity contribution in [3.63, 3.8) is 0 Å². The molecule has 0 amide bonds. The van der Waals surface area contributed by atoms with Gasteiger partial charge in [-0.1, -0.05) is 53.3 Å². The van der Waals surface area contributed by atoms with Crippen LogP contribution >= 0.6 is 11.3 Å². The second-order valence-corrected chi connectivity index (χ2v) is 7.60. The Labute approximate surface area is 159 Å². The Balaban J connectivity index is 2.05. The minimum Gasteiger partial charge on any atom is -0.142 e. The van der Waals surface area contributed by atoms with Gasteiger partial charge >= 0.3 is 0 Å². The standard InChI is InChI=1S/C24H22NS/c1-17-14-18(2)23(19(3)15-17)25-22(20-10-6-4-7-11-20)16-26-24(25)21-12-8-5-9-13-21/h4-16H,1-3H3/q+1. The van der Waals surface area contributed by atoms with Gasteiger partial charge in [0, 0.05) is 16.7 Å². The summed E-state index contributed by atoms with van der Waals surface area (Å²) in [6.45, 7) is 6.59. The summed E-state index contributed by atoms with van der Waals surface area (Å²) in [5.41, 5.74) is 8.94. The van der Waals surface area contributed by atoms with Crippen LogP contribution < -0.4 is 4.57 Å². The number of hydrogen-bond donors (Lipinski definition) is 0. The Hall–Kier alpha value is -2.71. The van der Waals surface area contributed by atoms with Crippen molar-refractivity contribution in [3.8, 4) is 27.5 Å². The van der Waals surface area contributed by atoms with E-state index in [1.54, 1.807) is 11.3 Å². The molecular weight excluding hydrogens is 334 g/mol. The number of aromatic nitrogens is 1. The van der Waals surface area contributed by atoms with E-state index in [0.717, 1.165) is 0 Å². The van der Waals surface area contributed by atoms with Crippen LogP contribution in [0, 0.1) is 20.8 Å². The highest BCUT2D eigenvalue weighted by atomic mass is 32.1. The van der Waals surface area contributed by atoms with Crippen LogP contribution in [-0.2, 0) is 0 Å². The third kappa shape index (κ3) is 2.97. The lowest BCUT2D eigenvalue weighted by molar-refractivity contribution is -0.568. The number of benzene rings is 3.